The zero-order chi connectivity index (χ0) is 13.8. The maximum absolute atomic E-state index is 12.0. The van der Waals surface area contributed by atoms with E-state index in [9.17, 15) is 4.79 Å². The summed E-state index contributed by atoms with van der Waals surface area (Å²) >= 11 is 0. The molecule has 1 amide bonds. The lowest BCUT2D eigenvalue weighted by Crippen LogP contribution is -2.40. The van der Waals surface area contributed by atoms with Crippen molar-refractivity contribution in [3.8, 4) is 0 Å². The van der Waals surface area contributed by atoms with E-state index < -0.39 is 6.04 Å². The molecule has 19 heavy (non-hydrogen) atoms. The average Bonchev–Trinajstić information content (AvgIpc) is 2.92. The van der Waals surface area contributed by atoms with E-state index in [2.05, 4.69) is 15.2 Å². The fraction of sp³-hybridized carbons (Fsp3) is 0.571. The second-order valence-corrected chi connectivity index (χ2v) is 5.33. The van der Waals surface area contributed by atoms with Gasteiger partial charge in [0.15, 0.2) is 5.82 Å². The Balaban J connectivity index is 2.13. The fourth-order valence-electron chi connectivity index (χ4n) is 2.19. The molecule has 0 spiro atoms. The van der Waals surface area contributed by atoms with Gasteiger partial charge in [-0.3, -0.25) is 4.79 Å². The molecule has 2 rings (SSSR count). The van der Waals surface area contributed by atoms with Crippen LogP contribution < -0.4 is 16.0 Å². The number of carbonyl (C=O) groups excluding carboxylic acids is 1. The third kappa shape index (κ3) is 3.23. The standard InChI is InChI=1S/C14H22N4O/c1-10(2)12(15)14(19)17-11-6-5-7-16-13(11)18-8-3-4-9-18/h5-7,10,12H,3-4,8-9,15H2,1-2H3,(H,17,19). The Morgan fingerprint density at radius 1 is 1.42 bits per heavy atom. The summed E-state index contributed by atoms with van der Waals surface area (Å²) in [7, 11) is 0. The molecule has 0 aliphatic carbocycles. The maximum Gasteiger partial charge on any atom is 0.241 e. The maximum atomic E-state index is 12.0. The number of rotatable bonds is 4. The Bertz CT molecular complexity index is 441. The van der Waals surface area contributed by atoms with Crippen LogP contribution in [0.2, 0.25) is 0 Å². The molecule has 1 unspecified atom stereocenters. The van der Waals surface area contributed by atoms with Crippen LogP contribution in [0, 0.1) is 5.92 Å². The van der Waals surface area contributed by atoms with Crippen LogP contribution in [-0.2, 0) is 4.79 Å². The highest BCUT2D eigenvalue weighted by atomic mass is 16.2. The van der Waals surface area contributed by atoms with Crippen LogP contribution in [0.15, 0.2) is 18.3 Å². The van der Waals surface area contributed by atoms with Gasteiger partial charge in [0.25, 0.3) is 0 Å². The van der Waals surface area contributed by atoms with E-state index in [0.717, 1.165) is 24.6 Å². The Morgan fingerprint density at radius 3 is 2.74 bits per heavy atom. The van der Waals surface area contributed by atoms with Crippen LogP contribution in [0.3, 0.4) is 0 Å². The molecular formula is C14H22N4O. The summed E-state index contributed by atoms with van der Waals surface area (Å²) in [5, 5.41) is 2.90. The lowest BCUT2D eigenvalue weighted by molar-refractivity contribution is -0.118. The van der Waals surface area contributed by atoms with Crippen LogP contribution in [0.5, 0.6) is 0 Å². The van der Waals surface area contributed by atoms with Crippen LogP contribution in [-0.4, -0.2) is 30.0 Å². The predicted molar refractivity (Wildman–Crippen MR) is 77.1 cm³/mol. The van der Waals surface area contributed by atoms with Crippen molar-refractivity contribution in [1.82, 2.24) is 4.98 Å². The average molecular weight is 262 g/mol. The van der Waals surface area contributed by atoms with Gasteiger partial charge >= 0.3 is 0 Å². The molecule has 2 heterocycles. The quantitative estimate of drug-likeness (QED) is 0.864. The molecule has 0 aromatic carbocycles. The molecule has 104 valence electrons. The highest BCUT2D eigenvalue weighted by Gasteiger charge is 2.21. The van der Waals surface area contributed by atoms with Crippen molar-refractivity contribution in [1.29, 1.82) is 0 Å². The first kappa shape index (κ1) is 13.8. The molecular weight excluding hydrogens is 240 g/mol. The van der Waals surface area contributed by atoms with Gasteiger partial charge in [0, 0.05) is 19.3 Å². The van der Waals surface area contributed by atoms with E-state index in [4.69, 9.17) is 5.73 Å². The van der Waals surface area contributed by atoms with Crippen LogP contribution >= 0.6 is 0 Å². The summed E-state index contributed by atoms with van der Waals surface area (Å²) < 4.78 is 0. The number of pyridine rings is 1. The predicted octanol–water partition coefficient (Wildman–Crippen LogP) is 1.60. The van der Waals surface area contributed by atoms with Gasteiger partial charge in [0.2, 0.25) is 5.91 Å². The third-order valence-electron chi connectivity index (χ3n) is 3.47. The number of nitrogens with zero attached hydrogens (tertiary/aromatic N) is 2. The zero-order valence-electron chi connectivity index (χ0n) is 11.6. The highest BCUT2D eigenvalue weighted by Crippen LogP contribution is 2.26. The molecule has 1 aromatic heterocycles. The Labute approximate surface area is 114 Å². The minimum absolute atomic E-state index is 0.118. The number of hydrogen-bond acceptors (Lipinski definition) is 4. The molecule has 0 bridgehead atoms. The van der Waals surface area contributed by atoms with Gasteiger partial charge in [-0.15, -0.1) is 0 Å². The largest absolute Gasteiger partial charge is 0.355 e. The molecule has 1 fully saturated rings. The Kier molecular flexibility index (Phi) is 4.37. The normalized spacial score (nSPS) is 16.7. The van der Waals surface area contributed by atoms with Crippen molar-refractivity contribution in [2.24, 2.45) is 11.7 Å². The minimum Gasteiger partial charge on any atom is -0.355 e. The van der Waals surface area contributed by atoms with Crippen molar-refractivity contribution in [2.75, 3.05) is 23.3 Å². The number of anilines is 2. The Hall–Kier alpha value is -1.62. The first-order valence-corrected chi connectivity index (χ1v) is 6.86. The van der Waals surface area contributed by atoms with E-state index in [1.807, 2.05) is 26.0 Å². The first-order valence-electron chi connectivity index (χ1n) is 6.86. The van der Waals surface area contributed by atoms with Gasteiger partial charge in [-0.2, -0.15) is 0 Å². The van der Waals surface area contributed by atoms with Gasteiger partial charge in [-0.05, 0) is 30.9 Å². The van der Waals surface area contributed by atoms with Gasteiger partial charge in [0.05, 0.1) is 11.7 Å². The van der Waals surface area contributed by atoms with Crippen LogP contribution in [0.25, 0.3) is 0 Å². The van der Waals surface area contributed by atoms with E-state index in [0.29, 0.717) is 0 Å². The van der Waals surface area contributed by atoms with Crippen molar-refractivity contribution in [3.05, 3.63) is 18.3 Å². The first-order chi connectivity index (χ1) is 9.09. The van der Waals surface area contributed by atoms with Crippen molar-refractivity contribution >= 4 is 17.4 Å². The number of carbonyl (C=O) groups is 1. The SMILES string of the molecule is CC(C)C(N)C(=O)Nc1cccnc1N1CCCC1. The lowest BCUT2D eigenvalue weighted by Gasteiger charge is -2.21. The number of nitrogens with two attached hydrogens (primary N) is 1. The summed E-state index contributed by atoms with van der Waals surface area (Å²) in [6, 6.07) is 3.22. The van der Waals surface area contributed by atoms with Crippen molar-refractivity contribution in [2.45, 2.75) is 32.7 Å². The molecule has 1 saturated heterocycles. The number of hydrogen-bond donors (Lipinski definition) is 2. The summed E-state index contributed by atoms with van der Waals surface area (Å²) in [4.78, 5) is 18.6. The molecule has 5 nitrogen and oxygen atoms in total. The van der Waals surface area contributed by atoms with Crippen LogP contribution in [0.4, 0.5) is 11.5 Å². The third-order valence-corrected chi connectivity index (χ3v) is 3.47. The van der Waals surface area contributed by atoms with E-state index >= 15 is 0 Å². The molecule has 0 radical (unpaired) electrons. The summed E-state index contributed by atoms with van der Waals surface area (Å²) in [6.07, 6.45) is 4.11. The molecule has 1 aromatic rings. The van der Waals surface area contributed by atoms with Crippen molar-refractivity contribution < 1.29 is 4.79 Å². The molecule has 1 atom stereocenters. The van der Waals surface area contributed by atoms with Gasteiger partial charge in [-0.25, -0.2) is 4.98 Å². The second-order valence-electron chi connectivity index (χ2n) is 5.33. The van der Waals surface area contributed by atoms with E-state index in [1.165, 1.54) is 12.8 Å². The van der Waals surface area contributed by atoms with Gasteiger partial charge in [0.1, 0.15) is 0 Å². The topological polar surface area (TPSA) is 71.2 Å². The monoisotopic (exact) mass is 262 g/mol. The molecule has 1 aliphatic heterocycles. The molecule has 5 heteroatoms. The second kappa shape index (κ2) is 6.02. The van der Waals surface area contributed by atoms with E-state index in [-0.39, 0.29) is 11.8 Å². The number of amides is 1. The van der Waals surface area contributed by atoms with Gasteiger partial charge < -0.3 is 16.0 Å². The lowest BCUT2D eigenvalue weighted by atomic mass is 10.1. The smallest absolute Gasteiger partial charge is 0.241 e. The highest BCUT2D eigenvalue weighted by molar-refractivity contribution is 5.97. The number of nitrogens with one attached hydrogen (secondary N) is 1. The fourth-order valence-corrected chi connectivity index (χ4v) is 2.19. The number of aromatic nitrogens is 1. The summed E-state index contributed by atoms with van der Waals surface area (Å²) in [6.45, 7) is 5.87. The molecule has 3 N–H and O–H groups in total. The Morgan fingerprint density at radius 2 is 2.11 bits per heavy atom. The van der Waals surface area contributed by atoms with E-state index in [1.54, 1.807) is 6.20 Å². The minimum atomic E-state index is -0.494. The molecule has 0 saturated carbocycles. The van der Waals surface area contributed by atoms with Gasteiger partial charge in [-0.1, -0.05) is 13.8 Å². The van der Waals surface area contributed by atoms with Crippen LogP contribution in [0.1, 0.15) is 26.7 Å². The molecule has 1 aliphatic rings. The van der Waals surface area contributed by atoms with Crippen molar-refractivity contribution in [3.63, 3.8) is 0 Å². The zero-order valence-corrected chi connectivity index (χ0v) is 11.6. The summed E-state index contributed by atoms with van der Waals surface area (Å²) in [5.41, 5.74) is 6.62. The summed E-state index contributed by atoms with van der Waals surface area (Å²) in [5.74, 6) is 0.819.